The van der Waals surface area contributed by atoms with Gasteiger partial charge >= 0.3 is 5.97 Å². The van der Waals surface area contributed by atoms with Crippen LogP contribution in [0.2, 0.25) is 0 Å². The fourth-order valence-corrected chi connectivity index (χ4v) is 4.68. The molecule has 0 aliphatic carbocycles. The number of ether oxygens (including phenoxy) is 1. The molecule has 0 aliphatic rings. The normalized spacial score (nSPS) is 11.8. The van der Waals surface area contributed by atoms with E-state index in [-0.39, 0.29) is 12.5 Å². The Kier molecular flexibility index (Phi) is 10.3. The van der Waals surface area contributed by atoms with Crippen LogP contribution < -0.4 is 10.5 Å². The zero-order chi connectivity index (χ0) is 26.8. The van der Waals surface area contributed by atoms with Crippen LogP contribution in [-0.4, -0.2) is 17.0 Å². The number of primary amides is 1. The highest BCUT2D eigenvalue weighted by atomic mass is 16.5. The van der Waals surface area contributed by atoms with E-state index in [9.17, 15) is 14.7 Å². The number of carbonyl (C=O) groups is 2. The van der Waals surface area contributed by atoms with Gasteiger partial charge in [0.2, 0.25) is 5.91 Å². The second-order valence-electron chi connectivity index (χ2n) is 9.65. The summed E-state index contributed by atoms with van der Waals surface area (Å²) in [5.41, 5.74) is 12.4. The minimum atomic E-state index is -0.881. The minimum Gasteiger partial charge on any atom is -0.486 e. The van der Waals surface area contributed by atoms with Gasteiger partial charge in [0.05, 0.1) is 0 Å². The van der Waals surface area contributed by atoms with E-state index < -0.39 is 11.9 Å². The molecule has 3 rings (SSSR count). The van der Waals surface area contributed by atoms with Crippen molar-refractivity contribution in [2.45, 2.75) is 78.2 Å². The number of unbranched alkanes of at least 4 members (excludes halogenated alkanes) is 3. The molecule has 0 spiro atoms. The highest BCUT2D eigenvalue weighted by Gasteiger charge is 2.20. The highest BCUT2D eigenvalue weighted by molar-refractivity contribution is 5.93. The Hall–Kier alpha value is -3.60. The van der Waals surface area contributed by atoms with Crippen LogP contribution in [0.5, 0.6) is 5.75 Å². The van der Waals surface area contributed by atoms with Crippen molar-refractivity contribution in [3.05, 3.63) is 88.5 Å². The monoisotopic (exact) mass is 501 g/mol. The number of carboxylic acid groups (broad SMARTS) is 1. The molecule has 0 heterocycles. The molecule has 1 unspecified atom stereocenters. The Morgan fingerprint density at radius 3 is 2.32 bits per heavy atom. The van der Waals surface area contributed by atoms with Crippen LogP contribution in [0.1, 0.15) is 91.1 Å². The molecule has 0 bridgehead atoms. The summed E-state index contributed by atoms with van der Waals surface area (Å²) in [7, 11) is 0. The van der Waals surface area contributed by atoms with E-state index in [2.05, 4.69) is 57.2 Å². The number of hydrogen-bond donors (Lipinski definition) is 2. The number of hydrogen-bond acceptors (Lipinski definition) is 3. The smallest absolute Gasteiger partial charge is 0.303 e. The van der Waals surface area contributed by atoms with E-state index in [4.69, 9.17) is 10.5 Å². The number of aliphatic carboxylic acids is 1. The number of carbonyl (C=O) groups excluding carboxylic acids is 1. The third-order valence-electron chi connectivity index (χ3n) is 6.85. The van der Waals surface area contributed by atoms with Crippen molar-refractivity contribution in [2.24, 2.45) is 5.73 Å². The minimum absolute atomic E-state index is 0.0254. The maximum Gasteiger partial charge on any atom is 0.303 e. The largest absolute Gasteiger partial charge is 0.486 e. The summed E-state index contributed by atoms with van der Waals surface area (Å²) in [6, 6.07) is 20.1. The topological polar surface area (TPSA) is 89.6 Å². The number of carboxylic acids is 1. The predicted octanol–water partition coefficient (Wildman–Crippen LogP) is 7.43. The molecule has 5 nitrogen and oxygen atoms in total. The molecule has 1 atom stereocenters. The average Bonchev–Trinajstić information content (AvgIpc) is 2.89. The first-order valence-electron chi connectivity index (χ1n) is 13.3. The van der Waals surface area contributed by atoms with Crippen LogP contribution in [0.25, 0.3) is 11.1 Å². The first kappa shape index (κ1) is 28.0. The van der Waals surface area contributed by atoms with Crippen LogP contribution in [0.4, 0.5) is 0 Å². The molecule has 0 aliphatic heterocycles. The van der Waals surface area contributed by atoms with Gasteiger partial charge < -0.3 is 15.6 Å². The molecule has 3 N–H and O–H groups in total. The van der Waals surface area contributed by atoms with Gasteiger partial charge in [0.25, 0.3) is 0 Å². The first-order chi connectivity index (χ1) is 17.8. The predicted molar refractivity (Wildman–Crippen MR) is 149 cm³/mol. The summed E-state index contributed by atoms with van der Waals surface area (Å²) in [6.07, 6.45) is 6.25. The van der Waals surface area contributed by atoms with Gasteiger partial charge in [-0.05, 0) is 90.3 Å². The van der Waals surface area contributed by atoms with E-state index in [0.717, 1.165) is 61.0 Å². The molecule has 5 heteroatoms. The van der Waals surface area contributed by atoms with E-state index in [1.165, 1.54) is 16.7 Å². The van der Waals surface area contributed by atoms with Crippen LogP contribution in [0.3, 0.4) is 0 Å². The molecule has 3 aromatic carbocycles. The number of rotatable bonds is 14. The lowest BCUT2D eigenvalue weighted by atomic mass is 9.93. The lowest BCUT2D eigenvalue weighted by Crippen LogP contribution is -2.15. The van der Waals surface area contributed by atoms with Gasteiger partial charge in [0, 0.05) is 12.0 Å². The SMILES string of the molecule is CCCCCCC(Oc1ccc(-c2ccc(CC)cc2)c(C)c1)c1ccc(C(N)=O)cc1CCC(=O)O. The number of nitrogens with two attached hydrogens (primary N) is 1. The summed E-state index contributed by atoms with van der Waals surface area (Å²) in [4.78, 5) is 23.1. The third kappa shape index (κ3) is 7.94. The maximum absolute atomic E-state index is 11.8. The third-order valence-corrected chi connectivity index (χ3v) is 6.85. The number of benzene rings is 3. The molecule has 0 radical (unpaired) electrons. The molecule has 3 aromatic rings. The van der Waals surface area contributed by atoms with Crippen molar-refractivity contribution >= 4 is 11.9 Å². The van der Waals surface area contributed by atoms with Crippen LogP contribution in [0.15, 0.2) is 60.7 Å². The molecule has 196 valence electrons. The van der Waals surface area contributed by atoms with Crippen molar-refractivity contribution in [3.8, 4) is 16.9 Å². The molecular formula is C32H39NO4. The Labute approximate surface area is 220 Å². The second-order valence-corrected chi connectivity index (χ2v) is 9.65. The standard InChI is InChI=1S/C32H39NO4/c1-4-6-7-8-9-30(29-17-14-26(32(33)36)21-25(29)15-19-31(34)35)37-27-16-18-28(22(3)20-27)24-12-10-23(5-2)11-13-24/h10-14,16-18,20-21,30H,4-9,15,19H2,1-3H3,(H2,33,36)(H,34,35). The van der Waals surface area contributed by atoms with Gasteiger partial charge in [0.15, 0.2) is 0 Å². The summed E-state index contributed by atoms with van der Waals surface area (Å²) in [5, 5.41) is 9.28. The van der Waals surface area contributed by atoms with Crippen molar-refractivity contribution in [3.63, 3.8) is 0 Å². The van der Waals surface area contributed by atoms with Gasteiger partial charge in [-0.25, -0.2) is 0 Å². The van der Waals surface area contributed by atoms with Crippen molar-refractivity contribution < 1.29 is 19.4 Å². The molecular weight excluding hydrogens is 462 g/mol. The summed E-state index contributed by atoms with van der Waals surface area (Å²) in [6.45, 7) is 6.42. The fraction of sp³-hybridized carbons (Fsp3) is 0.375. The molecule has 1 amide bonds. The van der Waals surface area contributed by atoms with E-state index in [0.29, 0.717) is 12.0 Å². The van der Waals surface area contributed by atoms with Gasteiger partial charge in [-0.2, -0.15) is 0 Å². The Bertz CT molecular complexity index is 1200. The van der Waals surface area contributed by atoms with Crippen LogP contribution in [0, 0.1) is 6.92 Å². The lowest BCUT2D eigenvalue weighted by Gasteiger charge is -2.23. The van der Waals surface area contributed by atoms with Crippen LogP contribution >= 0.6 is 0 Å². The number of amides is 1. The van der Waals surface area contributed by atoms with Crippen LogP contribution in [-0.2, 0) is 17.6 Å². The Morgan fingerprint density at radius 2 is 1.70 bits per heavy atom. The second kappa shape index (κ2) is 13.6. The molecule has 37 heavy (non-hydrogen) atoms. The maximum atomic E-state index is 11.8. The summed E-state index contributed by atoms with van der Waals surface area (Å²) in [5.74, 6) is -0.633. The van der Waals surface area contributed by atoms with Gasteiger partial charge in [-0.1, -0.05) is 69.5 Å². The van der Waals surface area contributed by atoms with Gasteiger partial charge in [-0.15, -0.1) is 0 Å². The molecule has 0 aromatic heterocycles. The lowest BCUT2D eigenvalue weighted by molar-refractivity contribution is -0.136. The van der Waals surface area contributed by atoms with Crippen molar-refractivity contribution in [2.75, 3.05) is 0 Å². The van der Waals surface area contributed by atoms with E-state index >= 15 is 0 Å². The molecule has 0 fully saturated rings. The van der Waals surface area contributed by atoms with Crippen molar-refractivity contribution in [1.82, 2.24) is 0 Å². The fourth-order valence-electron chi connectivity index (χ4n) is 4.68. The Balaban J connectivity index is 1.91. The average molecular weight is 502 g/mol. The zero-order valence-electron chi connectivity index (χ0n) is 22.3. The zero-order valence-corrected chi connectivity index (χ0v) is 22.3. The highest BCUT2D eigenvalue weighted by Crippen LogP contribution is 2.33. The summed E-state index contributed by atoms with van der Waals surface area (Å²) >= 11 is 0. The molecule has 0 saturated carbocycles. The van der Waals surface area contributed by atoms with E-state index in [1.54, 1.807) is 12.1 Å². The van der Waals surface area contributed by atoms with Crippen molar-refractivity contribution in [1.29, 1.82) is 0 Å². The first-order valence-corrected chi connectivity index (χ1v) is 13.3. The van der Waals surface area contributed by atoms with E-state index in [1.807, 2.05) is 12.1 Å². The number of aryl methyl sites for hydroxylation is 3. The van der Waals surface area contributed by atoms with Gasteiger partial charge in [-0.3, -0.25) is 9.59 Å². The molecule has 0 saturated heterocycles. The summed E-state index contributed by atoms with van der Waals surface area (Å²) < 4.78 is 6.57. The van der Waals surface area contributed by atoms with Gasteiger partial charge in [0.1, 0.15) is 11.9 Å². The Morgan fingerprint density at radius 1 is 0.946 bits per heavy atom. The quantitative estimate of drug-likeness (QED) is 0.225.